The van der Waals surface area contributed by atoms with Gasteiger partial charge < -0.3 is 4.74 Å². The maximum Gasteiger partial charge on any atom is 0.309 e. The van der Waals surface area contributed by atoms with Gasteiger partial charge in [-0.05, 0) is 13.3 Å². The first-order valence-electron chi connectivity index (χ1n) is 5.34. The largest absolute Gasteiger partial charge is 0.466 e. The molecule has 0 fully saturated rings. The predicted octanol–water partition coefficient (Wildman–Crippen LogP) is 2.77. The van der Waals surface area contributed by atoms with Gasteiger partial charge in [0, 0.05) is 12.8 Å². The molecule has 80 valence electrons. The third-order valence-corrected chi connectivity index (χ3v) is 1.88. The van der Waals surface area contributed by atoms with Gasteiger partial charge in [0.25, 0.3) is 0 Å². The van der Waals surface area contributed by atoms with Gasteiger partial charge in [-0.25, -0.2) is 0 Å². The van der Waals surface area contributed by atoms with Crippen LogP contribution in [0.2, 0.25) is 0 Å². The van der Waals surface area contributed by atoms with Crippen LogP contribution in [0.1, 0.15) is 46.5 Å². The lowest BCUT2D eigenvalue weighted by Crippen LogP contribution is -2.13. The van der Waals surface area contributed by atoms with E-state index in [-0.39, 0.29) is 11.9 Å². The normalized spacial score (nSPS) is 11.4. The van der Waals surface area contributed by atoms with Crippen LogP contribution < -0.4 is 0 Å². The summed E-state index contributed by atoms with van der Waals surface area (Å²) < 4.78 is 4.88. The van der Waals surface area contributed by atoms with E-state index in [4.69, 9.17) is 4.74 Å². The number of ether oxygens (including phenoxy) is 1. The molecule has 2 nitrogen and oxygen atoms in total. The molecule has 0 rings (SSSR count). The first kappa shape index (κ1) is 13.0. The van der Waals surface area contributed by atoms with Gasteiger partial charge in [0.1, 0.15) is 0 Å². The molecule has 0 saturated heterocycles. The molecule has 0 aromatic carbocycles. The van der Waals surface area contributed by atoms with Crippen molar-refractivity contribution < 1.29 is 9.53 Å². The Bertz CT molecular complexity index is 210. The number of esters is 1. The molecule has 0 radical (unpaired) electrons. The van der Waals surface area contributed by atoms with E-state index in [1.807, 2.05) is 13.8 Å². The lowest BCUT2D eigenvalue weighted by atomic mass is 10.1. The third kappa shape index (κ3) is 6.54. The first-order chi connectivity index (χ1) is 6.72. The molecular weight excluding hydrogens is 176 g/mol. The number of hydrogen-bond acceptors (Lipinski definition) is 2. The van der Waals surface area contributed by atoms with Gasteiger partial charge in [-0.2, -0.15) is 0 Å². The Labute approximate surface area is 87.0 Å². The lowest BCUT2D eigenvalue weighted by molar-refractivity contribution is -0.147. The highest BCUT2D eigenvalue weighted by Crippen LogP contribution is 2.03. The second-order valence-corrected chi connectivity index (χ2v) is 3.31. The molecule has 0 aliphatic carbocycles. The fourth-order valence-electron chi connectivity index (χ4n) is 0.947. The number of unbranched alkanes of at least 4 members (excludes halogenated alkanes) is 2. The minimum atomic E-state index is -0.141. The molecule has 0 bridgehead atoms. The molecule has 0 aromatic heterocycles. The summed E-state index contributed by atoms with van der Waals surface area (Å²) in [5.41, 5.74) is 0. The van der Waals surface area contributed by atoms with Crippen molar-refractivity contribution in [1.29, 1.82) is 0 Å². The molecule has 0 heterocycles. The van der Waals surface area contributed by atoms with Gasteiger partial charge in [0.05, 0.1) is 12.5 Å². The highest BCUT2D eigenvalue weighted by atomic mass is 16.5. The lowest BCUT2D eigenvalue weighted by Gasteiger charge is -2.05. The molecule has 2 heteroatoms. The fraction of sp³-hybridized carbons (Fsp3) is 0.750. The molecule has 0 saturated carbocycles. The van der Waals surface area contributed by atoms with E-state index >= 15 is 0 Å². The second kappa shape index (κ2) is 8.62. The maximum absolute atomic E-state index is 11.2. The zero-order valence-electron chi connectivity index (χ0n) is 9.43. The Kier molecular flexibility index (Phi) is 8.02. The van der Waals surface area contributed by atoms with Crippen molar-refractivity contribution in [1.82, 2.24) is 0 Å². The van der Waals surface area contributed by atoms with Crippen LogP contribution in [-0.2, 0) is 9.53 Å². The zero-order valence-corrected chi connectivity index (χ0v) is 9.43. The predicted molar refractivity (Wildman–Crippen MR) is 57.7 cm³/mol. The van der Waals surface area contributed by atoms with Crippen LogP contribution in [0.5, 0.6) is 0 Å². The number of carbonyl (C=O) groups is 1. The van der Waals surface area contributed by atoms with Gasteiger partial charge in [0.2, 0.25) is 0 Å². The van der Waals surface area contributed by atoms with Crippen molar-refractivity contribution in [3.63, 3.8) is 0 Å². The second-order valence-electron chi connectivity index (χ2n) is 3.31. The van der Waals surface area contributed by atoms with E-state index in [9.17, 15) is 4.79 Å². The molecule has 1 atom stereocenters. The Morgan fingerprint density at radius 1 is 1.36 bits per heavy atom. The van der Waals surface area contributed by atoms with Crippen molar-refractivity contribution >= 4 is 5.97 Å². The molecule has 0 spiro atoms. The zero-order chi connectivity index (χ0) is 10.8. The molecule has 0 aliphatic heterocycles. The monoisotopic (exact) mass is 196 g/mol. The van der Waals surface area contributed by atoms with E-state index in [1.165, 1.54) is 6.42 Å². The summed E-state index contributed by atoms with van der Waals surface area (Å²) in [6.07, 6.45) is 3.86. The first-order valence-corrected chi connectivity index (χ1v) is 5.34. The smallest absolute Gasteiger partial charge is 0.309 e. The maximum atomic E-state index is 11.2. The van der Waals surface area contributed by atoms with Crippen molar-refractivity contribution in [3.05, 3.63) is 0 Å². The molecule has 14 heavy (non-hydrogen) atoms. The van der Waals surface area contributed by atoms with Crippen LogP contribution in [0.3, 0.4) is 0 Å². The number of carbonyl (C=O) groups excluding carboxylic acids is 1. The summed E-state index contributed by atoms with van der Waals surface area (Å²) in [7, 11) is 0. The number of rotatable bonds is 5. The Morgan fingerprint density at radius 3 is 2.64 bits per heavy atom. The van der Waals surface area contributed by atoms with Crippen molar-refractivity contribution in [2.24, 2.45) is 5.92 Å². The van der Waals surface area contributed by atoms with Crippen molar-refractivity contribution in [2.45, 2.75) is 46.5 Å². The van der Waals surface area contributed by atoms with E-state index < -0.39 is 0 Å². The molecule has 0 aliphatic rings. The molecule has 0 amide bonds. The summed E-state index contributed by atoms with van der Waals surface area (Å²) in [5, 5.41) is 0. The van der Waals surface area contributed by atoms with E-state index in [1.54, 1.807) is 0 Å². The minimum Gasteiger partial charge on any atom is -0.466 e. The van der Waals surface area contributed by atoms with Crippen LogP contribution in [0.15, 0.2) is 0 Å². The van der Waals surface area contributed by atoms with Crippen molar-refractivity contribution in [3.8, 4) is 11.8 Å². The average Bonchev–Trinajstić information content (AvgIpc) is 2.17. The van der Waals surface area contributed by atoms with Gasteiger partial charge >= 0.3 is 5.97 Å². The van der Waals surface area contributed by atoms with Gasteiger partial charge in [-0.15, -0.1) is 11.8 Å². The van der Waals surface area contributed by atoms with Gasteiger partial charge in [-0.3, -0.25) is 4.79 Å². The van der Waals surface area contributed by atoms with Crippen LogP contribution in [0.25, 0.3) is 0 Å². The van der Waals surface area contributed by atoms with E-state index in [0.29, 0.717) is 13.0 Å². The summed E-state index contributed by atoms with van der Waals surface area (Å²) in [4.78, 5) is 11.2. The topological polar surface area (TPSA) is 26.3 Å². The van der Waals surface area contributed by atoms with Gasteiger partial charge in [0.15, 0.2) is 0 Å². The number of hydrogen-bond donors (Lipinski definition) is 0. The Balaban J connectivity index is 3.64. The van der Waals surface area contributed by atoms with E-state index in [0.717, 1.165) is 12.8 Å². The molecule has 0 N–H and O–H groups in total. The van der Waals surface area contributed by atoms with Crippen LogP contribution in [0.4, 0.5) is 0 Å². The van der Waals surface area contributed by atoms with Crippen LogP contribution in [0, 0.1) is 17.8 Å². The Morgan fingerprint density at radius 2 is 2.07 bits per heavy atom. The highest BCUT2D eigenvalue weighted by molar-refractivity contribution is 5.72. The summed E-state index contributed by atoms with van der Waals surface area (Å²) in [6.45, 7) is 6.26. The van der Waals surface area contributed by atoms with Crippen molar-refractivity contribution in [2.75, 3.05) is 6.61 Å². The van der Waals surface area contributed by atoms with Gasteiger partial charge in [-0.1, -0.05) is 20.3 Å². The molecular formula is C12H20O2. The third-order valence-electron chi connectivity index (χ3n) is 1.88. The van der Waals surface area contributed by atoms with E-state index in [2.05, 4.69) is 18.8 Å². The average molecular weight is 196 g/mol. The summed E-state index contributed by atoms with van der Waals surface area (Å²) >= 11 is 0. The summed E-state index contributed by atoms with van der Waals surface area (Å²) in [6, 6.07) is 0. The SMILES string of the molecule is CCCCC#CCC(C)C(=O)OCC. The molecule has 0 aromatic rings. The van der Waals surface area contributed by atoms with Crippen LogP contribution in [-0.4, -0.2) is 12.6 Å². The van der Waals surface area contributed by atoms with Crippen LogP contribution >= 0.6 is 0 Å². The minimum absolute atomic E-state index is 0.0934. The quantitative estimate of drug-likeness (QED) is 0.384. The fourth-order valence-corrected chi connectivity index (χ4v) is 0.947. The highest BCUT2D eigenvalue weighted by Gasteiger charge is 2.11. The Hall–Kier alpha value is -0.970. The summed E-state index contributed by atoms with van der Waals surface area (Å²) in [5.74, 6) is 5.83. The standard InChI is InChI=1S/C12H20O2/c1-4-6-7-8-9-10-11(3)12(13)14-5-2/h11H,4-7,10H2,1-3H3. The molecule has 1 unspecified atom stereocenters.